The Morgan fingerprint density at radius 1 is 1.17 bits per heavy atom. The van der Waals surface area contributed by atoms with Gasteiger partial charge in [-0.2, -0.15) is 0 Å². The predicted octanol–water partition coefficient (Wildman–Crippen LogP) is 2.88. The number of aryl methyl sites for hydroxylation is 1. The molecule has 2 heterocycles. The van der Waals surface area contributed by atoms with E-state index >= 15 is 0 Å². The molecule has 1 aromatic heterocycles. The first kappa shape index (κ1) is 21.9. The lowest BCUT2D eigenvalue weighted by atomic mass is 10.1. The summed E-state index contributed by atoms with van der Waals surface area (Å²) in [7, 11) is 1.78. The van der Waals surface area contributed by atoms with Crippen LogP contribution in [0.3, 0.4) is 0 Å². The number of morpholine rings is 1. The number of anilines is 1. The van der Waals surface area contributed by atoms with Gasteiger partial charge in [-0.25, -0.2) is 4.98 Å². The number of pyridine rings is 1. The number of benzene rings is 1. The van der Waals surface area contributed by atoms with E-state index in [1.54, 1.807) is 7.05 Å². The van der Waals surface area contributed by atoms with E-state index in [0.717, 1.165) is 68.0 Å². The molecule has 0 radical (unpaired) electrons. The molecule has 1 saturated heterocycles. The molecule has 2 aromatic rings. The molecular formula is C23H33N5O2. The molecule has 30 heavy (non-hydrogen) atoms. The van der Waals surface area contributed by atoms with Crippen LogP contribution in [-0.2, 0) is 17.8 Å². The Labute approximate surface area is 179 Å². The smallest absolute Gasteiger partial charge is 0.191 e. The van der Waals surface area contributed by atoms with Crippen molar-refractivity contribution in [2.45, 2.75) is 33.4 Å². The highest BCUT2D eigenvalue weighted by molar-refractivity contribution is 5.79. The zero-order valence-electron chi connectivity index (χ0n) is 18.3. The van der Waals surface area contributed by atoms with E-state index in [9.17, 15) is 0 Å². The van der Waals surface area contributed by atoms with Crippen LogP contribution in [-0.4, -0.2) is 50.9 Å². The van der Waals surface area contributed by atoms with Crippen molar-refractivity contribution in [1.82, 2.24) is 15.6 Å². The second-order valence-corrected chi connectivity index (χ2v) is 7.32. The van der Waals surface area contributed by atoms with Crippen molar-refractivity contribution in [2.75, 3.05) is 44.9 Å². The zero-order chi connectivity index (χ0) is 21.2. The Morgan fingerprint density at radius 3 is 2.67 bits per heavy atom. The largest absolute Gasteiger partial charge is 0.493 e. The average molecular weight is 412 g/mol. The molecular weight excluding hydrogens is 378 g/mol. The van der Waals surface area contributed by atoms with Crippen LogP contribution in [0.2, 0.25) is 0 Å². The number of guanidine groups is 1. The van der Waals surface area contributed by atoms with Gasteiger partial charge < -0.3 is 25.0 Å². The minimum Gasteiger partial charge on any atom is -0.493 e. The van der Waals surface area contributed by atoms with Gasteiger partial charge in [0.2, 0.25) is 0 Å². The van der Waals surface area contributed by atoms with Gasteiger partial charge in [0.15, 0.2) is 5.96 Å². The van der Waals surface area contributed by atoms with E-state index in [0.29, 0.717) is 13.1 Å². The fourth-order valence-corrected chi connectivity index (χ4v) is 3.36. The molecule has 0 amide bonds. The highest BCUT2D eigenvalue weighted by Crippen LogP contribution is 2.21. The number of nitrogens with one attached hydrogen (secondary N) is 2. The fraction of sp³-hybridized carbons (Fsp3) is 0.478. The van der Waals surface area contributed by atoms with Gasteiger partial charge in [0, 0.05) is 50.6 Å². The van der Waals surface area contributed by atoms with Crippen molar-refractivity contribution in [1.29, 1.82) is 0 Å². The molecule has 0 atom stereocenters. The van der Waals surface area contributed by atoms with E-state index in [2.05, 4.69) is 63.6 Å². The molecule has 7 heteroatoms. The number of hydrogen-bond acceptors (Lipinski definition) is 5. The highest BCUT2D eigenvalue weighted by atomic mass is 16.5. The Kier molecular flexibility index (Phi) is 8.32. The lowest BCUT2D eigenvalue weighted by molar-refractivity contribution is 0.122. The second kappa shape index (κ2) is 11.4. The molecule has 1 aliphatic heterocycles. The highest BCUT2D eigenvalue weighted by Gasteiger charge is 2.16. The summed E-state index contributed by atoms with van der Waals surface area (Å²) in [5, 5.41) is 6.81. The van der Waals surface area contributed by atoms with Crippen LogP contribution >= 0.6 is 0 Å². The third kappa shape index (κ3) is 6.10. The Hall–Kier alpha value is -2.80. The van der Waals surface area contributed by atoms with Crippen LogP contribution in [0.25, 0.3) is 0 Å². The molecule has 0 spiro atoms. The van der Waals surface area contributed by atoms with Crippen LogP contribution < -0.4 is 20.3 Å². The van der Waals surface area contributed by atoms with E-state index < -0.39 is 0 Å². The summed E-state index contributed by atoms with van der Waals surface area (Å²) in [5.41, 5.74) is 3.46. The third-order valence-corrected chi connectivity index (χ3v) is 4.98. The van der Waals surface area contributed by atoms with Gasteiger partial charge in [0.05, 0.1) is 19.8 Å². The van der Waals surface area contributed by atoms with Crippen molar-refractivity contribution >= 4 is 11.8 Å². The molecule has 1 fully saturated rings. The minimum absolute atomic E-state index is 0.641. The second-order valence-electron chi connectivity index (χ2n) is 7.32. The van der Waals surface area contributed by atoms with E-state index in [1.807, 2.05) is 12.3 Å². The maximum atomic E-state index is 5.92. The molecule has 1 aliphatic rings. The van der Waals surface area contributed by atoms with Gasteiger partial charge in [-0.3, -0.25) is 4.99 Å². The quantitative estimate of drug-likeness (QED) is 0.514. The summed E-state index contributed by atoms with van der Waals surface area (Å²) in [4.78, 5) is 11.2. The average Bonchev–Trinajstić information content (AvgIpc) is 2.79. The first-order chi connectivity index (χ1) is 14.7. The standard InChI is InChI=1S/C23H33N5O2/c1-4-12-30-21-15-18(2)7-8-19(21)16-26-23(24-3)27-17-20-6-5-9-25-22(20)28-10-13-29-14-11-28/h5-9,15H,4,10-14,16-17H2,1-3H3,(H2,24,26,27). The number of nitrogens with zero attached hydrogens (tertiary/aromatic N) is 3. The number of ether oxygens (including phenoxy) is 2. The van der Waals surface area contributed by atoms with Crippen LogP contribution in [0.4, 0.5) is 5.82 Å². The molecule has 0 unspecified atom stereocenters. The normalized spacial score (nSPS) is 14.5. The van der Waals surface area contributed by atoms with Crippen molar-refractivity contribution < 1.29 is 9.47 Å². The SMILES string of the molecule is CCCOc1cc(C)ccc1CNC(=NC)NCc1cccnc1N1CCOCC1. The van der Waals surface area contributed by atoms with Crippen LogP contribution in [0.5, 0.6) is 5.75 Å². The van der Waals surface area contributed by atoms with Crippen LogP contribution in [0.1, 0.15) is 30.0 Å². The van der Waals surface area contributed by atoms with Gasteiger partial charge in [-0.05, 0) is 31.0 Å². The maximum Gasteiger partial charge on any atom is 0.191 e. The zero-order valence-corrected chi connectivity index (χ0v) is 18.3. The summed E-state index contributed by atoms with van der Waals surface area (Å²) in [6, 6.07) is 10.4. The van der Waals surface area contributed by atoms with E-state index in [4.69, 9.17) is 9.47 Å². The lowest BCUT2D eigenvalue weighted by Crippen LogP contribution is -2.39. The molecule has 7 nitrogen and oxygen atoms in total. The summed E-state index contributed by atoms with van der Waals surface area (Å²) >= 11 is 0. The molecule has 0 aliphatic carbocycles. The maximum absolute atomic E-state index is 5.92. The molecule has 2 N–H and O–H groups in total. The van der Waals surface area contributed by atoms with Crippen LogP contribution in [0, 0.1) is 6.92 Å². The van der Waals surface area contributed by atoms with Gasteiger partial charge >= 0.3 is 0 Å². The first-order valence-corrected chi connectivity index (χ1v) is 10.6. The number of rotatable bonds is 8. The van der Waals surface area contributed by atoms with Crippen molar-refractivity contribution in [3.63, 3.8) is 0 Å². The van der Waals surface area contributed by atoms with Crippen LogP contribution in [0.15, 0.2) is 41.5 Å². The van der Waals surface area contributed by atoms with Crippen molar-refractivity contribution in [3.05, 3.63) is 53.2 Å². The fourth-order valence-electron chi connectivity index (χ4n) is 3.36. The molecule has 0 saturated carbocycles. The van der Waals surface area contributed by atoms with Crippen molar-refractivity contribution in [2.24, 2.45) is 4.99 Å². The Bertz CT molecular complexity index is 834. The molecule has 162 valence electrons. The molecule has 0 bridgehead atoms. The summed E-state index contributed by atoms with van der Waals surface area (Å²) in [6.45, 7) is 9.41. The van der Waals surface area contributed by atoms with E-state index in [1.165, 1.54) is 5.56 Å². The first-order valence-electron chi connectivity index (χ1n) is 10.6. The summed E-state index contributed by atoms with van der Waals surface area (Å²) in [5.74, 6) is 2.69. The predicted molar refractivity (Wildman–Crippen MR) is 121 cm³/mol. The van der Waals surface area contributed by atoms with Gasteiger partial charge in [-0.15, -0.1) is 0 Å². The monoisotopic (exact) mass is 411 g/mol. The number of hydrogen-bond donors (Lipinski definition) is 2. The van der Waals surface area contributed by atoms with Gasteiger partial charge in [0.1, 0.15) is 11.6 Å². The van der Waals surface area contributed by atoms with Gasteiger partial charge in [-0.1, -0.05) is 25.1 Å². The number of aliphatic imine (C=N–C) groups is 1. The minimum atomic E-state index is 0.641. The lowest BCUT2D eigenvalue weighted by Gasteiger charge is -2.29. The van der Waals surface area contributed by atoms with Gasteiger partial charge in [0.25, 0.3) is 0 Å². The summed E-state index contributed by atoms with van der Waals surface area (Å²) in [6.07, 6.45) is 2.83. The number of aromatic nitrogens is 1. The molecule has 3 rings (SSSR count). The third-order valence-electron chi connectivity index (χ3n) is 4.98. The molecule has 1 aromatic carbocycles. The van der Waals surface area contributed by atoms with E-state index in [-0.39, 0.29) is 0 Å². The van der Waals surface area contributed by atoms with Crippen molar-refractivity contribution in [3.8, 4) is 5.75 Å². The summed E-state index contributed by atoms with van der Waals surface area (Å²) < 4.78 is 11.4. The Morgan fingerprint density at radius 2 is 1.93 bits per heavy atom. The Balaban J connectivity index is 1.60. The topological polar surface area (TPSA) is 71.0 Å².